The standard InChI is InChI=1S/C18H29N3O4S.ClH/c1-2-9-19-10-11-20-18(22)8-5-16-3-6-17(7-4-16)26(23,24)21-12-14-25-15-13-21;/h3-4,6-7,19H,2,5,8-15H2,1H3,(H,20,22);1H. The molecule has 2 rings (SSSR count). The third-order valence-electron chi connectivity index (χ3n) is 4.22. The van der Waals surface area contributed by atoms with E-state index in [1.54, 1.807) is 24.3 Å². The Hall–Kier alpha value is -1.19. The Kier molecular flexibility index (Phi) is 10.9. The van der Waals surface area contributed by atoms with Crippen LogP contribution in [-0.4, -0.2) is 64.6 Å². The average Bonchev–Trinajstić information content (AvgIpc) is 2.67. The van der Waals surface area contributed by atoms with Crippen LogP contribution in [0.15, 0.2) is 29.2 Å². The molecular weight excluding hydrogens is 390 g/mol. The highest BCUT2D eigenvalue weighted by Gasteiger charge is 2.26. The number of hydrogen-bond donors (Lipinski definition) is 2. The predicted octanol–water partition coefficient (Wildman–Crippen LogP) is 1.18. The number of rotatable bonds is 10. The fourth-order valence-electron chi connectivity index (χ4n) is 2.70. The van der Waals surface area contributed by atoms with Gasteiger partial charge >= 0.3 is 0 Å². The summed E-state index contributed by atoms with van der Waals surface area (Å²) in [6.07, 6.45) is 2.06. The van der Waals surface area contributed by atoms with E-state index in [2.05, 4.69) is 17.6 Å². The minimum atomic E-state index is -3.46. The third kappa shape index (κ3) is 7.75. The quantitative estimate of drug-likeness (QED) is 0.556. The van der Waals surface area contributed by atoms with Crippen LogP contribution in [0.4, 0.5) is 0 Å². The molecule has 1 aliphatic rings. The summed E-state index contributed by atoms with van der Waals surface area (Å²) in [4.78, 5) is 12.1. The molecule has 1 fully saturated rings. The van der Waals surface area contributed by atoms with Crippen molar-refractivity contribution in [3.8, 4) is 0 Å². The van der Waals surface area contributed by atoms with E-state index in [1.165, 1.54) is 4.31 Å². The topological polar surface area (TPSA) is 87.7 Å². The summed E-state index contributed by atoms with van der Waals surface area (Å²) in [6, 6.07) is 6.80. The number of hydrogen-bond acceptors (Lipinski definition) is 5. The Bertz CT molecular complexity index is 662. The van der Waals surface area contributed by atoms with Crippen molar-refractivity contribution >= 4 is 28.3 Å². The van der Waals surface area contributed by atoms with Crippen LogP contribution < -0.4 is 10.6 Å². The van der Waals surface area contributed by atoms with Crippen LogP contribution in [0.2, 0.25) is 0 Å². The zero-order valence-electron chi connectivity index (χ0n) is 15.8. The molecular formula is C18H30ClN3O4S. The van der Waals surface area contributed by atoms with Crippen LogP contribution >= 0.6 is 12.4 Å². The summed E-state index contributed by atoms with van der Waals surface area (Å²) in [5.41, 5.74) is 0.949. The maximum atomic E-state index is 12.6. The van der Waals surface area contributed by atoms with Crippen molar-refractivity contribution in [1.82, 2.24) is 14.9 Å². The number of sulfonamides is 1. The van der Waals surface area contributed by atoms with E-state index in [0.29, 0.717) is 45.7 Å². The van der Waals surface area contributed by atoms with E-state index in [4.69, 9.17) is 4.74 Å². The summed E-state index contributed by atoms with van der Waals surface area (Å²) in [5.74, 6) is 0.00770. The van der Waals surface area contributed by atoms with E-state index >= 15 is 0 Å². The van der Waals surface area contributed by atoms with Crippen LogP contribution in [0.25, 0.3) is 0 Å². The molecule has 1 aromatic rings. The largest absolute Gasteiger partial charge is 0.379 e. The lowest BCUT2D eigenvalue weighted by molar-refractivity contribution is -0.121. The molecule has 27 heavy (non-hydrogen) atoms. The van der Waals surface area contributed by atoms with Crippen LogP contribution in [0.5, 0.6) is 0 Å². The highest BCUT2D eigenvalue weighted by atomic mass is 35.5. The zero-order chi connectivity index (χ0) is 18.8. The normalized spacial score (nSPS) is 15.1. The first-order valence-corrected chi connectivity index (χ1v) is 10.6. The maximum Gasteiger partial charge on any atom is 0.243 e. The molecule has 9 heteroatoms. The first-order valence-electron chi connectivity index (χ1n) is 9.18. The van der Waals surface area contributed by atoms with Crippen LogP contribution in [0.1, 0.15) is 25.3 Å². The molecule has 1 heterocycles. The number of amides is 1. The molecule has 1 aromatic carbocycles. The lowest BCUT2D eigenvalue weighted by Gasteiger charge is -2.26. The molecule has 1 aliphatic heterocycles. The minimum Gasteiger partial charge on any atom is -0.379 e. The van der Waals surface area contributed by atoms with E-state index in [9.17, 15) is 13.2 Å². The number of morpholine rings is 1. The molecule has 7 nitrogen and oxygen atoms in total. The summed E-state index contributed by atoms with van der Waals surface area (Å²) in [6.45, 7) is 6.08. The first kappa shape index (κ1) is 23.8. The zero-order valence-corrected chi connectivity index (χ0v) is 17.4. The maximum absolute atomic E-state index is 12.6. The molecule has 1 saturated heterocycles. The van der Waals surface area contributed by atoms with Gasteiger partial charge < -0.3 is 15.4 Å². The number of carbonyl (C=O) groups is 1. The van der Waals surface area contributed by atoms with Crippen LogP contribution in [0, 0.1) is 0 Å². The fraction of sp³-hybridized carbons (Fsp3) is 0.611. The van der Waals surface area contributed by atoms with Crippen molar-refractivity contribution in [3.05, 3.63) is 29.8 Å². The number of benzene rings is 1. The summed E-state index contributed by atoms with van der Waals surface area (Å²) in [5, 5.41) is 6.10. The second-order valence-electron chi connectivity index (χ2n) is 6.26. The Morgan fingerprint density at radius 3 is 2.41 bits per heavy atom. The third-order valence-corrected chi connectivity index (χ3v) is 6.14. The number of ether oxygens (including phenoxy) is 1. The molecule has 0 atom stereocenters. The van der Waals surface area contributed by atoms with Crippen molar-refractivity contribution in [2.75, 3.05) is 45.9 Å². The molecule has 0 spiro atoms. The molecule has 0 bridgehead atoms. The lowest BCUT2D eigenvalue weighted by Crippen LogP contribution is -2.40. The highest BCUT2D eigenvalue weighted by molar-refractivity contribution is 7.89. The molecule has 0 unspecified atom stereocenters. The number of carbonyl (C=O) groups excluding carboxylic acids is 1. The monoisotopic (exact) mass is 419 g/mol. The Labute approximate surface area is 168 Å². The van der Waals surface area contributed by atoms with Gasteiger partial charge in [0.15, 0.2) is 0 Å². The van der Waals surface area contributed by atoms with Gasteiger partial charge in [0.05, 0.1) is 18.1 Å². The SMILES string of the molecule is CCCNCCNC(=O)CCc1ccc(S(=O)(=O)N2CCOCC2)cc1.Cl. The highest BCUT2D eigenvalue weighted by Crippen LogP contribution is 2.18. The second-order valence-corrected chi connectivity index (χ2v) is 8.20. The lowest BCUT2D eigenvalue weighted by atomic mass is 10.1. The van der Waals surface area contributed by atoms with Crippen molar-refractivity contribution < 1.29 is 17.9 Å². The van der Waals surface area contributed by atoms with Crippen LogP contribution in [-0.2, 0) is 26.0 Å². The fourth-order valence-corrected chi connectivity index (χ4v) is 4.11. The Balaban J connectivity index is 0.00000364. The first-order chi connectivity index (χ1) is 12.5. The Morgan fingerprint density at radius 1 is 1.11 bits per heavy atom. The second kappa shape index (κ2) is 12.3. The van der Waals surface area contributed by atoms with Gasteiger partial charge in [0.25, 0.3) is 0 Å². The van der Waals surface area contributed by atoms with Crippen molar-refractivity contribution in [1.29, 1.82) is 0 Å². The molecule has 2 N–H and O–H groups in total. The van der Waals surface area contributed by atoms with Crippen molar-refractivity contribution in [2.45, 2.75) is 31.1 Å². The van der Waals surface area contributed by atoms with Crippen LogP contribution in [0.3, 0.4) is 0 Å². The van der Waals surface area contributed by atoms with Crippen molar-refractivity contribution in [3.63, 3.8) is 0 Å². The molecule has 154 valence electrons. The number of aryl methyl sites for hydroxylation is 1. The van der Waals surface area contributed by atoms with Gasteiger partial charge in [-0.2, -0.15) is 4.31 Å². The number of nitrogens with zero attached hydrogens (tertiary/aromatic N) is 1. The van der Waals surface area contributed by atoms with Gasteiger partial charge in [0.2, 0.25) is 15.9 Å². The molecule has 0 saturated carbocycles. The summed E-state index contributed by atoms with van der Waals surface area (Å²) in [7, 11) is -3.46. The average molecular weight is 420 g/mol. The molecule has 0 aliphatic carbocycles. The van der Waals surface area contributed by atoms with Gasteiger partial charge in [-0.3, -0.25) is 4.79 Å². The molecule has 0 aromatic heterocycles. The number of nitrogens with one attached hydrogen (secondary N) is 2. The van der Waals surface area contributed by atoms with E-state index in [1.807, 2.05) is 0 Å². The predicted molar refractivity (Wildman–Crippen MR) is 108 cm³/mol. The van der Waals surface area contributed by atoms with Gasteiger partial charge in [-0.15, -0.1) is 12.4 Å². The number of halogens is 1. The smallest absolute Gasteiger partial charge is 0.243 e. The van der Waals surface area contributed by atoms with Gasteiger partial charge in [0.1, 0.15) is 0 Å². The summed E-state index contributed by atoms with van der Waals surface area (Å²) >= 11 is 0. The molecule has 1 amide bonds. The van der Waals surface area contributed by atoms with Crippen molar-refractivity contribution in [2.24, 2.45) is 0 Å². The Morgan fingerprint density at radius 2 is 1.78 bits per heavy atom. The molecule has 0 radical (unpaired) electrons. The van der Waals surface area contributed by atoms with E-state index in [0.717, 1.165) is 25.1 Å². The van der Waals surface area contributed by atoms with E-state index < -0.39 is 10.0 Å². The summed E-state index contributed by atoms with van der Waals surface area (Å²) < 4.78 is 31.8. The van der Waals surface area contributed by atoms with E-state index in [-0.39, 0.29) is 23.2 Å². The van der Waals surface area contributed by atoms with Gasteiger partial charge in [0, 0.05) is 32.6 Å². The van der Waals surface area contributed by atoms with Gasteiger partial charge in [-0.05, 0) is 37.1 Å². The minimum absolute atomic E-state index is 0. The van der Waals surface area contributed by atoms with Gasteiger partial charge in [-0.25, -0.2) is 8.42 Å². The van der Waals surface area contributed by atoms with Gasteiger partial charge in [-0.1, -0.05) is 19.1 Å².